The second-order valence-corrected chi connectivity index (χ2v) is 12.1. The van der Waals surface area contributed by atoms with Gasteiger partial charge in [-0.15, -0.1) is 0 Å². The van der Waals surface area contributed by atoms with Crippen molar-refractivity contribution in [1.29, 1.82) is 0 Å². The SMILES string of the molecule is Cc1cccc(C)c1N=C1SCCCN1[Si](C)(C)C. The van der Waals surface area contributed by atoms with Crippen LogP contribution in [-0.2, 0) is 0 Å². The molecule has 19 heavy (non-hydrogen) atoms. The van der Waals surface area contributed by atoms with Crippen LogP contribution >= 0.6 is 11.8 Å². The lowest BCUT2D eigenvalue weighted by Crippen LogP contribution is -2.51. The first-order valence-corrected chi connectivity index (χ1v) is 11.4. The van der Waals surface area contributed by atoms with Gasteiger partial charge < -0.3 is 4.57 Å². The maximum Gasteiger partial charge on any atom is 0.156 e. The molecule has 1 aromatic carbocycles. The number of nitrogens with zero attached hydrogens (tertiary/aromatic N) is 2. The highest BCUT2D eigenvalue weighted by atomic mass is 32.2. The van der Waals surface area contributed by atoms with E-state index in [0.717, 1.165) is 5.69 Å². The average molecular weight is 293 g/mol. The van der Waals surface area contributed by atoms with Crippen molar-refractivity contribution in [2.75, 3.05) is 12.3 Å². The molecule has 1 aliphatic rings. The zero-order valence-electron chi connectivity index (χ0n) is 12.7. The maximum absolute atomic E-state index is 5.01. The second kappa shape index (κ2) is 5.71. The summed E-state index contributed by atoms with van der Waals surface area (Å²) in [6.07, 6.45) is 1.28. The molecule has 0 N–H and O–H groups in total. The lowest BCUT2D eigenvalue weighted by molar-refractivity contribution is 0.602. The van der Waals surface area contributed by atoms with Gasteiger partial charge in [-0.25, -0.2) is 4.99 Å². The van der Waals surface area contributed by atoms with Gasteiger partial charge in [0.15, 0.2) is 5.17 Å². The van der Waals surface area contributed by atoms with E-state index >= 15 is 0 Å². The number of benzene rings is 1. The first-order chi connectivity index (χ1) is 8.89. The van der Waals surface area contributed by atoms with Gasteiger partial charge in [-0.05, 0) is 31.4 Å². The second-order valence-electron chi connectivity index (χ2n) is 6.16. The summed E-state index contributed by atoms with van der Waals surface area (Å²) in [7, 11) is -1.33. The lowest BCUT2D eigenvalue weighted by Gasteiger charge is -2.39. The summed E-state index contributed by atoms with van der Waals surface area (Å²) in [5.41, 5.74) is 3.71. The molecule has 0 bridgehead atoms. The highest BCUT2D eigenvalue weighted by Crippen LogP contribution is 2.29. The summed E-state index contributed by atoms with van der Waals surface area (Å²) in [5, 5.41) is 1.24. The van der Waals surface area contributed by atoms with Gasteiger partial charge in [-0.1, -0.05) is 49.6 Å². The van der Waals surface area contributed by atoms with Crippen molar-refractivity contribution in [1.82, 2.24) is 4.57 Å². The molecule has 0 aliphatic carbocycles. The summed E-state index contributed by atoms with van der Waals surface area (Å²) in [4.78, 5) is 5.01. The molecular formula is C15H24N2SSi. The molecule has 0 unspecified atom stereocenters. The van der Waals surface area contributed by atoms with Crippen LogP contribution in [0.3, 0.4) is 0 Å². The molecule has 2 rings (SSSR count). The molecule has 0 radical (unpaired) electrons. The zero-order valence-corrected chi connectivity index (χ0v) is 14.5. The smallest absolute Gasteiger partial charge is 0.156 e. The van der Waals surface area contributed by atoms with Crippen LogP contribution in [0.2, 0.25) is 19.6 Å². The first-order valence-electron chi connectivity index (χ1n) is 6.95. The van der Waals surface area contributed by atoms with Gasteiger partial charge in [0.05, 0.1) is 5.69 Å². The fraction of sp³-hybridized carbons (Fsp3) is 0.533. The summed E-state index contributed by atoms with van der Waals surface area (Å²) in [5.74, 6) is 1.20. The molecule has 104 valence electrons. The third kappa shape index (κ3) is 3.42. The monoisotopic (exact) mass is 292 g/mol. The maximum atomic E-state index is 5.01. The number of aliphatic imine (C=N–C) groups is 1. The number of amidine groups is 1. The van der Waals surface area contributed by atoms with Crippen LogP contribution in [0.1, 0.15) is 17.5 Å². The molecule has 1 aromatic rings. The number of para-hydroxylation sites is 1. The van der Waals surface area contributed by atoms with Crippen LogP contribution in [0.4, 0.5) is 5.69 Å². The molecular weight excluding hydrogens is 268 g/mol. The quantitative estimate of drug-likeness (QED) is 0.742. The van der Waals surface area contributed by atoms with Crippen molar-refractivity contribution in [3.8, 4) is 0 Å². The van der Waals surface area contributed by atoms with Crippen molar-refractivity contribution >= 4 is 30.9 Å². The van der Waals surface area contributed by atoms with E-state index in [2.05, 4.69) is 56.3 Å². The summed E-state index contributed by atoms with van der Waals surface area (Å²) in [6, 6.07) is 6.41. The van der Waals surface area contributed by atoms with E-state index in [4.69, 9.17) is 4.99 Å². The molecule has 1 heterocycles. The van der Waals surface area contributed by atoms with Crippen molar-refractivity contribution < 1.29 is 0 Å². The number of thioether (sulfide) groups is 1. The van der Waals surface area contributed by atoms with Crippen LogP contribution in [0.15, 0.2) is 23.2 Å². The van der Waals surface area contributed by atoms with Gasteiger partial charge in [-0.3, -0.25) is 0 Å². The molecule has 2 nitrogen and oxygen atoms in total. The Bertz CT molecular complexity index is 471. The fourth-order valence-electron chi connectivity index (χ4n) is 2.35. The molecule has 1 saturated heterocycles. The fourth-order valence-corrected chi connectivity index (χ4v) is 5.68. The lowest BCUT2D eigenvalue weighted by atomic mass is 10.1. The van der Waals surface area contributed by atoms with Crippen molar-refractivity contribution in [2.24, 2.45) is 4.99 Å². The highest BCUT2D eigenvalue weighted by molar-refractivity contribution is 8.14. The molecule has 0 saturated carbocycles. The minimum Gasteiger partial charge on any atom is -0.378 e. The Balaban J connectivity index is 2.40. The van der Waals surface area contributed by atoms with Crippen LogP contribution < -0.4 is 0 Å². The first kappa shape index (κ1) is 14.7. The predicted molar refractivity (Wildman–Crippen MR) is 90.1 cm³/mol. The van der Waals surface area contributed by atoms with Gasteiger partial charge >= 0.3 is 0 Å². The molecule has 1 fully saturated rings. The van der Waals surface area contributed by atoms with Gasteiger partial charge in [0.1, 0.15) is 8.24 Å². The normalized spacial score (nSPS) is 19.0. The standard InChI is InChI=1S/C15H24N2SSi/c1-12-8-6-9-13(2)14(12)16-15-17(19(3,4)5)10-7-11-18-15/h6,8-9H,7,10-11H2,1-5H3. The molecule has 1 aliphatic heterocycles. The van der Waals surface area contributed by atoms with Crippen molar-refractivity contribution in [2.45, 2.75) is 39.9 Å². The Morgan fingerprint density at radius 1 is 1.16 bits per heavy atom. The third-order valence-corrected chi connectivity index (χ3v) is 6.72. The van der Waals surface area contributed by atoms with E-state index in [9.17, 15) is 0 Å². The van der Waals surface area contributed by atoms with E-state index in [1.807, 2.05) is 11.8 Å². The Morgan fingerprint density at radius 2 is 1.79 bits per heavy atom. The van der Waals surface area contributed by atoms with E-state index in [1.54, 1.807) is 0 Å². The topological polar surface area (TPSA) is 15.6 Å². The number of hydrogen-bond acceptors (Lipinski definition) is 2. The zero-order chi connectivity index (χ0) is 14.0. The van der Waals surface area contributed by atoms with Gasteiger partial charge in [-0.2, -0.15) is 0 Å². The van der Waals surface area contributed by atoms with Gasteiger partial charge in [0, 0.05) is 12.3 Å². The minimum atomic E-state index is -1.33. The van der Waals surface area contributed by atoms with E-state index in [0.29, 0.717) is 0 Å². The van der Waals surface area contributed by atoms with Gasteiger partial charge in [0.2, 0.25) is 0 Å². The predicted octanol–water partition coefficient (Wildman–Crippen LogP) is 4.56. The molecule has 0 spiro atoms. The van der Waals surface area contributed by atoms with Crippen LogP contribution in [0.5, 0.6) is 0 Å². The molecule has 0 atom stereocenters. The Kier molecular flexibility index (Phi) is 4.41. The largest absolute Gasteiger partial charge is 0.378 e. The Hall–Kier alpha value is -0.743. The van der Waals surface area contributed by atoms with E-state index in [-0.39, 0.29) is 0 Å². The van der Waals surface area contributed by atoms with Crippen LogP contribution in [0.25, 0.3) is 0 Å². The van der Waals surface area contributed by atoms with Crippen molar-refractivity contribution in [3.63, 3.8) is 0 Å². The van der Waals surface area contributed by atoms with Crippen LogP contribution in [0, 0.1) is 13.8 Å². The summed E-state index contributed by atoms with van der Waals surface area (Å²) in [6.45, 7) is 12.7. The van der Waals surface area contributed by atoms with E-state index in [1.165, 1.54) is 35.0 Å². The van der Waals surface area contributed by atoms with Gasteiger partial charge in [0.25, 0.3) is 0 Å². The highest BCUT2D eigenvalue weighted by Gasteiger charge is 2.29. The average Bonchev–Trinajstić information content (AvgIpc) is 2.33. The number of hydrogen-bond donors (Lipinski definition) is 0. The van der Waals surface area contributed by atoms with Crippen molar-refractivity contribution in [3.05, 3.63) is 29.3 Å². The molecule has 0 amide bonds. The Morgan fingerprint density at radius 3 is 2.37 bits per heavy atom. The number of aryl methyl sites for hydroxylation is 2. The summed E-state index contributed by atoms with van der Waals surface area (Å²) < 4.78 is 2.58. The third-order valence-electron chi connectivity index (χ3n) is 3.44. The van der Waals surface area contributed by atoms with E-state index < -0.39 is 8.24 Å². The minimum absolute atomic E-state index is 1.16. The number of rotatable bonds is 2. The molecule has 0 aromatic heterocycles. The summed E-state index contributed by atoms with van der Waals surface area (Å²) >= 11 is 1.92. The molecule has 4 heteroatoms. The van der Waals surface area contributed by atoms with Crippen LogP contribution in [-0.4, -0.2) is 30.3 Å². The Labute approximate surface area is 122 Å².